The van der Waals surface area contributed by atoms with E-state index in [2.05, 4.69) is 10.2 Å². The predicted molar refractivity (Wildman–Crippen MR) is 79.7 cm³/mol. The van der Waals surface area contributed by atoms with Crippen LogP contribution in [-0.2, 0) is 0 Å². The highest BCUT2D eigenvalue weighted by Crippen LogP contribution is 2.28. The third-order valence-electron chi connectivity index (χ3n) is 4.04. The van der Waals surface area contributed by atoms with Gasteiger partial charge in [-0.3, -0.25) is 9.69 Å². The average Bonchev–Trinajstić information content (AvgIpc) is 2.75. The van der Waals surface area contributed by atoms with Crippen LogP contribution in [-0.4, -0.2) is 43.5 Å². The van der Waals surface area contributed by atoms with Crippen molar-refractivity contribution < 1.29 is 9.53 Å². The monoisotopic (exact) mass is 274 g/mol. The fourth-order valence-corrected chi connectivity index (χ4v) is 2.90. The lowest BCUT2D eigenvalue weighted by molar-refractivity contribution is 0.0933. The molecule has 0 unspecified atom stereocenters. The molecule has 2 heterocycles. The van der Waals surface area contributed by atoms with Gasteiger partial charge in [0, 0.05) is 12.1 Å². The zero-order valence-corrected chi connectivity index (χ0v) is 11.9. The Labute approximate surface area is 120 Å². The Morgan fingerprint density at radius 1 is 1.20 bits per heavy atom. The van der Waals surface area contributed by atoms with Crippen LogP contribution in [0.25, 0.3) is 0 Å². The summed E-state index contributed by atoms with van der Waals surface area (Å²) >= 11 is 0. The Bertz CT molecular complexity index is 479. The maximum Gasteiger partial charge on any atom is 0.176 e. The topological polar surface area (TPSA) is 41.6 Å². The summed E-state index contributed by atoms with van der Waals surface area (Å²) in [6.07, 6.45) is 5.02. The van der Waals surface area contributed by atoms with Gasteiger partial charge in [-0.1, -0.05) is 12.8 Å². The Kier molecular flexibility index (Phi) is 4.21. The van der Waals surface area contributed by atoms with Gasteiger partial charge >= 0.3 is 0 Å². The first-order chi connectivity index (χ1) is 9.83. The van der Waals surface area contributed by atoms with E-state index in [1.54, 1.807) is 0 Å². The smallest absolute Gasteiger partial charge is 0.176 e. The molecule has 0 atom stereocenters. The van der Waals surface area contributed by atoms with Crippen LogP contribution in [0.3, 0.4) is 0 Å². The van der Waals surface area contributed by atoms with E-state index >= 15 is 0 Å². The average molecular weight is 274 g/mol. The number of anilines is 1. The van der Waals surface area contributed by atoms with E-state index in [1.807, 2.05) is 18.2 Å². The summed E-state index contributed by atoms with van der Waals surface area (Å²) in [6.45, 7) is 4.14. The summed E-state index contributed by atoms with van der Waals surface area (Å²) in [4.78, 5) is 14.7. The molecule has 1 aromatic carbocycles. The molecule has 0 spiro atoms. The minimum Gasteiger partial charge on any atom is -0.490 e. The van der Waals surface area contributed by atoms with E-state index in [1.165, 1.54) is 25.7 Å². The summed E-state index contributed by atoms with van der Waals surface area (Å²) in [5.74, 6) is 1.06. The molecule has 2 aliphatic rings. The molecule has 3 rings (SSSR count). The van der Waals surface area contributed by atoms with Gasteiger partial charge in [0.2, 0.25) is 0 Å². The molecule has 0 aromatic heterocycles. The highest BCUT2D eigenvalue weighted by atomic mass is 16.5. The van der Waals surface area contributed by atoms with Crippen molar-refractivity contribution in [2.24, 2.45) is 0 Å². The predicted octanol–water partition coefficient (Wildman–Crippen LogP) is 2.55. The molecule has 2 aliphatic heterocycles. The first-order valence-electron chi connectivity index (χ1n) is 7.59. The zero-order chi connectivity index (χ0) is 13.8. The second-order valence-corrected chi connectivity index (χ2v) is 5.60. The normalized spacial score (nSPS) is 19.4. The number of carbonyl (C=O) groups excluding carboxylic acids is 1. The van der Waals surface area contributed by atoms with E-state index in [0.717, 1.165) is 36.6 Å². The van der Waals surface area contributed by atoms with Gasteiger partial charge in [-0.25, -0.2) is 0 Å². The number of likely N-dealkylation sites (tertiary alicyclic amines) is 1. The lowest BCUT2D eigenvalue weighted by Crippen LogP contribution is -2.30. The molecule has 4 heteroatoms. The molecule has 0 bridgehead atoms. The number of benzene rings is 1. The van der Waals surface area contributed by atoms with E-state index < -0.39 is 0 Å². The van der Waals surface area contributed by atoms with Crippen molar-refractivity contribution in [3.05, 3.63) is 23.8 Å². The van der Waals surface area contributed by atoms with Gasteiger partial charge < -0.3 is 10.1 Å². The molecule has 0 saturated carbocycles. The Balaban J connectivity index is 1.67. The number of nitrogens with one attached hydrogen (secondary N) is 1. The van der Waals surface area contributed by atoms with E-state index in [-0.39, 0.29) is 5.78 Å². The van der Waals surface area contributed by atoms with E-state index in [0.29, 0.717) is 13.2 Å². The lowest BCUT2D eigenvalue weighted by Gasteiger charge is -2.21. The molecule has 1 N–H and O–H groups in total. The third kappa shape index (κ3) is 3.12. The van der Waals surface area contributed by atoms with Crippen molar-refractivity contribution in [2.45, 2.75) is 25.7 Å². The quantitative estimate of drug-likeness (QED) is 0.860. The van der Waals surface area contributed by atoms with Gasteiger partial charge in [0.25, 0.3) is 0 Å². The minimum absolute atomic E-state index is 0.210. The number of rotatable bonds is 3. The van der Waals surface area contributed by atoms with Crippen molar-refractivity contribution >= 4 is 11.5 Å². The van der Waals surface area contributed by atoms with Crippen LogP contribution in [0.2, 0.25) is 0 Å². The first-order valence-corrected chi connectivity index (χ1v) is 7.59. The van der Waals surface area contributed by atoms with Crippen LogP contribution in [0.1, 0.15) is 36.0 Å². The highest BCUT2D eigenvalue weighted by molar-refractivity contribution is 5.98. The maximum absolute atomic E-state index is 12.4. The SMILES string of the molecule is O=C(CN1CCCCCC1)c1ccc2c(c1)NCCO2. The molecular formula is C16H22N2O2. The van der Waals surface area contributed by atoms with Crippen LogP contribution >= 0.6 is 0 Å². The number of hydrogen-bond acceptors (Lipinski definition) is 4. The highest BCUT2D eigenvalue weighted by Gasteiger charge is 2.17. The number of fused-ring (bicyclic) bond motifs is 1. The van der Waals surface area contributed by atoms with Crippen molar-refractivity contribution in [2.75, 3.05) is 38.1 Å². The first kappa shape index (κ1) is 13.4. The standard InChI is InChI=1S/C16H22N2O2/c19-15(12-18-8-3-1-2-4-9-18)13-5-6-16-14(11-13)17-7-10-20-16/h5-6,11,17H,1-4,7-10,12H2. The van der Waals surface area contributed by atoms with Crippen LogP contribution in [0.4, 0.5) is 5.69 Å². The number of ketones is 1. The Morgan fingerprint density at radius 2 is 2.00 bits per heavy atom. The molecule has 0 aliphatic carbocycles. The third-order valence-corrected chi connectivity index (χ3v) is 4.04. The minimum atomic E-state index is 0.210. The number of ether oxygens (including phenoxy) is 1. The molecule has 108 valence electrons. The van der Waals surface area contributed by atoms with Crippen LogP contribution in [0.5, 0.6) is 5.75 Å². The molecule has 4 nitrogen and oxygen atoms in total. The molecule has 1 aromatic rings. The zero-order valence-electron chi connectivity index (χ0n) is 11.9. The summed E-state index contributed by atoms with van der Waals surface area (Å²) in [6, 6.07) is 5.71. The van der Waals surface area contributed by atoms with E-state index in [4.69, 9.17) is 4.74 Å². The van der Waals surface area contributed by atoms with Gasteiger partial charge in [0.1, 0.15) is 12.4 Å². The molecule has 0 radical (unpaired) electrons. The molecule has 20 heavy (non-hydrogen) atoms. The summed E-state index contributed by atoms with van der Waals surface area (Å²) in [5.41, 5.74) is 1.73. The molecular weight excluding hydrogens is 252 g/mol. The summed E-state index contributed by atoms with van der Waals surface area (Å²) in [5, 5.41) is 3.28. The van der Waals surface area contributed by atoms with Crippen LogP contribution in [0, 0.1) is 0 Å². The van der Waals surface area contributed by atoms with Crippen molar-refractivity contribution in [1.29, 1.82) is 0 Å². The van der Waals surface area contributed by atoms with Crippen molar-refractivity contribution in [3.63, 3.8) is 0 Å². The second kappa shape index (κ2) is 6.27. The number of Topliss-reactive ketones (excluding diaryl/α,β-unsaturated/α-hetero) is 1. The number of hydrogen-bond donors (Lipinski definition) is 1. The summed E-state index contributed by atoms with van der Waals surface area (Å²) < 4.78 is 5.54. The largest absolute Gasteiger partial charge is 0.490 e. The molecule has 0 amide bonds. The Morgan fingerprint density at radius 3 is 2.80 bits per heavy atom. The van der Waals surface area contributed by atoms with Crippen LogP contribution < -0.4 is 10.1 Å². The van der Waals surface area contributed by atoms with Crippen LogP contribution in [0.15, 0.2) is 18.2 Å². The molecule has 1 saturated heterocycles. The van der Waals surface area contributed by atoms with Gasteiger partial charge in [-0.15, -0.1) is 0 Å². The van der Waals surface area contributed by atoms with Gasteiger partial charge in [0.05, 0.1) is 12.2 Å². The second-order valence-electron chi connectivity index (χ2n) is 5.60. The summed E-state index contributed by atoms with van der Waals surface area (Å²) in [7, 11) is 0. The molecule has 1 fully saturated rings. The Hall–Kier alpha value is -1.55. The van der Waals surface area contributed by atoms with Crippen molar-refractivity contribution in [1.82, 2.24) is 4.90 Å². The van der Waals surface area contributed by atoms with E-state index in [9.17, 15) is 4.79 Å². The van der Waals surface area contributed by atoms with Gasteiger partial charge in [0.15, 0.2) is 5.78 Å². The van der Waals surface area contributed by atoms with Crippen molar-refractivity contribution in [3.8, 4) is 5.75 Å². The number of nitrogens with zero attached hydrogens (tertiary/aromatic N) is 1. The lowest BCUT2D eigenvalue weighted by atomic mass is 10.1. The van der Waals surface area contributed by atoms with Gasteiger partial charge in [-0.05, 0) is 44.1 Å². The number of carbonyl (C=O) groups is 1. The maximum atomic E-state index is 12.4. The fourth-order valence-electron chi connectivity index (χ4n) is 2.90. The van der Waals surface area contributed by atoms with Gasteiger partial charge in [-0.2, -0.15) is 0 Å². The fraction of sp³-hybridized carbons (Fsp3) is 0.562.